The molecular formula is C17H18BrN3OS. The van der Waals surface area contributed by atoms with Crippen LogP contribution in [0.4, 0.5) is 0 Å². The van der Waals surface area contributed by atoms with Crippen molar-refractivity contribution in [3.05, 3.63) is 64.4 Å². The van der Waals surface area contributed by atoms with Crippen molar-refractivity contribution in [1.82, 2.24) is 15.8 Å². The Labute approximate surface area is 148 Å². The molecule has 2 aromatic rings. The van der Waals surface area contributed by atoms with E-state index in [1.807, 2.05) is 26.0 Å². The first-order valence-electron chi connectivity index (χ1n) is 7.01. The highest BCUT2D eigenvalue weighted by molar-refractivity contribution is 9.10. The summed E-state index contributed by atoms with van der Waals surface area (Å²) < 4.78 is 1.08. The standard InChI is InChI=1S/C17H18BrN3OS/c1-11-9-16(12(2)8-15(11)18)23-10-17(22)21-20-13(3)14-4-6-19-7-5-14/h4-9,20H,3,10H2,1-2H3,(H,21,22). The van der Waals surface area contributed by atoms with Gasteiger partial charge in [0.1, 0.15) is 0 Å². The number of pyridine rings is 1. The van der Waals surface area contributed by atoms with Gasteiger partial charge in [-0.25, -0.2) is 0 Å². The molecule has 1 aromatic carbocycles. The van der Waals surface area contributed by atoms with Gasteiger partial charge in [0.25, 0.3) is 0 Å². The van der Waals surface area contributed by atoms with Crippen molar-refractivity contribution in [2.24, 2.45) is 0 Å². The van der Waals surface area contributed by atoms with Gasteiger partial charge in [0.15, 0.2) is 0 Å². The predicted octanol–water partition coefficient (Wildman–Crippen LogP) is 3.84. The molecule has 0 atom stereocenters. The number of hydrogen-bond donors (Lipinski definition) is 2. The molecule has 0 bridgehead atoms. The van der Waals surface area contributed by atoms with E-state index in [0.29, 0.717) is 11.4 Å². The van der Waals surface area contributed by atoms with Gasteiger partial charge in [-0.1, -0.05) is 22.5 Å². The molecule has 0 fully saturated rings. The average molecular weight is 392 g/mol. The van der Waals surface area contributed by atoms with Crippen LogP contribution in [0.3, 0.4) is 0 Å². The second kappa shape index (κ2) is 8.17. The minimum absolute atomic E-state index is 0.106. The van der Waals surface area contributed by atoms with Crippen LogP contribution >= 0.6 is 27.7 Å². The van der Waals surface area contributed by atoms with E-state index in [2.05, 4.69) is 50.5 Å². The lowest BCUT2D eigenvalue weighted by Gasteiger charge is -2.12. The fourth-order valence-electron chi connectivity index (χ4n) is 1.86. The normalized spacial score (nSPS) is 10.2. The third-order valence-electron chi connectivity index (χ3n) is 3.20. The van der Waals surface area contributed by atoms with E-state index in [4.69, 9.17) is 0 Å². The van der Waals surface area contributed by atoms with Crippen LogP contribution in [-0.2, 0) is 4.79 Å². The molecule has 0 saturated heterocycles. The van der Waals surface area contributed by atoms with Crippen LogP contribution in [0.15, 0.2) is 52.6 Å². The van der Waals surface area contributed by atoms with Crippen LogP contribution in [0.1, 0.15) is 16.7 Å². The Balaban J connectivity index is 1.84. The van der Waals surface area contributed by atoms with Gasteiger partial charge < -0.3 is 0 Å². The number of amides is 1. The van der Waals surface area contributed by atoms with Gasteiger partial charge in [-0.2, -0.15) is 0 Å². The zero-order chi connectivity index (χ0) is 16.8. The molecule has 6 heteroatoms. The molecule has 0 aliphatic carbocycles. The van der Waals surface area contributed by atoms with Crippen molar-refractivity contribution >= 4 is 39.3 Å². The Bertz CT molecular complexity index is 719. The molecule has 0 unspecified atom stereocenters. The molecular weight excluding hydrogens is 374 g/mol. The topological polar surface area (TPSA) is 54.0 Å². The molecule has 0 spiro atoms. The van der Waals surface area contributed by atoms with E-state index >= 15 is 0 Å². The first-order valence-corrected chi connectivity index (χ1v) is 8.79. The molecule has 1 aromatic heterocycles. The summed E-state index contributed by atoms with van der Waals surface area (Å²) in [5.74, 6) is 0.226. The Hall–Kier alpha value is -1.79. The summed E-state index contributed by atoms with van der Waals surface area (Å²) in [6, 6.07) is 7.80. The maximum atomic E-state index is 12.0. The van der Waals surface area contributed by atoms with Gasteiger partial charge in [-0.3, -0.25) is 20.6 Å². The van der Waals surface area contributed by atoms with E-state index in [1.165, 1.54) is 11.8 Å². The number of benzene rings is 1. The molecule has 1 heterocycles. The van der Waals surface area contributed by atoms with E-state index in [-0.39, 0.29) is 5.91 Å². The number of aromatic nitrogens is 1. The Morgan fingerprint density at radius 3 is 2.61 bits per heavy atom. The summed E-state index contributed by atoms with van der Waals surface area (Å²) in [4.78, 5) is 17.0. The summed E-state index contributed by atoms with van der Waals surface area (Å²) >= 11 is 5.02. The van der Waals surface area contributed by atoms with Crippen LogP contribution in [0.2, 0.25) is 0 Å². The molecule has 120 valence electrons. The number of rotatable bonds is 6. The third-order valence-corrected chi connectivity index (χ3v) is 5.21. The van der Waals surface area contributed by atoms with Crippen molar-refractivity contribution < 1.29 is 4.79 Å². The lowest BCUT2D eigenvalue weighted by Crippen LogP contribution is -2.37. The number of carbonyl (C=O) groups excluding carboxylic acids is 1. The summed E-state index contributed by atoms with van der Waals surface area (Å²) in [6.07, 6.45) is 3.36. The second-order valence-corrected chi connectivity index (χ2v) is 6.91. The van der Waals surface area contributed by atoms with Crippen LogP contribution in [-0.4, -0.2) is 16.6 Å². The fraction of sp³-hybridized carbons (Fsp3) is 0.176. The van der Waals surface area contributed by atoms with E-state index in [9.17, 15) is 4.79 Å². The number of hydrogen-bond acceptors (Lipinski definition) is 4. The van der Waals surface area contributed by atoms with Gasteiger partial charge in [0, 0.05) is 27.3 Å². The Morgan fingerprint density at radius 2 is 1.91 bits per heavy atom. The van der Waals surface area contributed by atoms with Crippen LogP contribution < -0.4 is 10.9 Å². The number of nitrogens with zero attached hydrogens (tertiary/aromatic N) is 1. The minimum Gasteiger partial charge on any atom is -0.299 e. The number of halogens is 1. The lowest BCUT2D eigenvalue weighted by molar-refractivity contribution is -0.119. The van der Waals surface area contributed by atoms with Crippen molar-refractivity contribution in [3.8, 4) is 0 Å². The molecule has 4 nitrogen and oxygen atoms in total. The minimum atomic E-state index is -0.106. The van der Waals surface area contributed by atoms with E-state index in [1.54, 1.807) is 12.4 Å². The van der Waals surface area contributed by atoms with Gasteiger partial charge in [-0.15, -0.1) is 11.8 Å². The largest absolute Gasteiger partial charge is 0.299 e. The number of aryl methyl sites for hydroxylation is 2. The summed E-state index contributed by atoms with van der Waals surface area (Å²) in [5.41, 5.74) is 9.30. The lowest BCUT2D eigenvalue weighted by atomic mass is 10.2. The zero-order valence-corrected chi connectivity index (χ0v) is 15.4. The monoisotopic (exact) mass is 391 g/mol. The molecule has 1 amide bonds. The van der Waals surface area contributed by atoms with Crippen molar-refractivity contribution in [3.63, 3.8) is 0 Å². The van der Waals surface area contributed by atoms with Crippen molar-refractivity contribution in [1.29, 1.82) is 0 Å². The fourth-order valence-corrected chi connectivity index (χ4v) is 3.22. The highest BCUT2D eigenvalue weighted by Crippen LogP contribution is 2.28. The third kappa shape index (κ3) is 5.11. The van der Waals surface area contributed by atoms with Gasteiger partial charge in [0.05, 0.1) is 11.4 Å². The molecule has 23 heavy (non-hydrogen) atoms. The number of carbonyl (C=O) groups is 1. The zero-order valence-electron chi connectivity index (χ0n) is 13.0. The smallest absolute Gasteiger partial charge is 0.248 e. The summed E-state index contributed by atoms with van der Waals surface area (Å²) in [7, 11) is 0. The van der Waals surface area contributed by atoms with Gasteiger partial charge in [0.2, 0.25) is 5.91 Å². The number of hydrazine groups is 1. The van der Waals surface area contributed by atoms with Crippen molar-refractivity contribution in [2.75, 3.05) is 5.75 Å². The molecule has 0 aliphatic rings. The van der Waals surface area contributed by atoms with Crippen LogP contribution in [0.5, 0.6) is 0 Å². The van der Waals surface area contributed by atoms with E-state index < -0.39 is 0 Å². The average Bonchev–Trinajstić information content (AvgIpc) is 2.55. The first-order chi connectivity index (χ1) is 11.0. The maximum absolute atomic E-state index is 12.0. The first kappa shape index (κ1) is 17.6. The summed E-state index contributed by atoms with van der Waals surface area (Å²) in [5, 5.41) is 0. The highest BCUT2D eigenvalue weighted by atomic mass is 79.9. The van der Waals surface area contributed by atoms with E-state index in [0.717, 1.165) is 26.1 Å². The molecule has 2 rings (SSSR count). The number of nitrogens with one attached hydrogen (secondary N) is 2. The van der Waals surface area contributed by atoms with Crippen LogP contribution in [0.25, 0.3) is 5.70 Å². The molecule has 0 radical (unpaired) electrons. The quantitative estimate of drug-likeness (QED) is 0.579. The Kier molecular flexibility index (Phi) is 6.24. The van der Waals surface area contributed by atoms with Gasteiger partial charge in [-0.05, 0) is 49.2 Å². The molecule has 2 N–H and O–H groups in total. The van der Waals surface area contributed by atoms with Crippen molar-refractivity contribution in [2.45, 2.75) is 18.7 Å². The Morgan fingerprint density at radius 1 is 1.22 bits per heavy atom. The van der Waals surface area contributed by atoms with Crippen LogP contribution in [0, 0.1) is 13.8 Å². The molecule has 0 aliphatic heterocycles. The SMILES string of the molecule is C=C(NNC(=O)CSc1cc(C)c(Br)cc1C)c1ccncc1. The maximum Gasteiger partial charge on any atom is 0.248 e. The second-order valence-electron chi connectivity index (χ2n) is 5.04. The highest BCUT2D eigenvalue weighted by Gasteiger charge is 2.07. The molecule has 0 saturated carbocycles. The van der Waals surface area contributed by atoms with Gasteiger partial charge >= 0.3 is 0 Å². The number of thioether (sulfide) groups is 1. The summed E-state index contributed by atoms with van der Waals surface area (Å²) in [6.45, 7) is 7.96. The predicted molar refractivity (Wildman–Crippen MR) is 98.9 cm³/mol.